The average Bonchev–Trinajstić information content (AvgIpc) is 3.20. The van der Waals surface area contributed by atoms with E-state index in [-0.39, 0.29) is 17.4 Å². The van der Waals surface area contributed by atoms with Crippen LogP contribution >= 0.6 is 0 Å². The van der Waals surface area contributed by atoms with Crippen LogP contribution in [0.1, 0.15) is 25.3 Å². The predicted octanol–water partition coefficient (Wildman–Crippen LogP) is 1.39. The molecule has 1 aliphatic carbocycles. The van der Waals surface area contributed by atoms with Crippen LogP contribution in [0.5, 0.6) is 0 Å². The fourth-order valence-corrected chi connectivity index (χ4v) is 7.43. The van der Waals surface area contributed by atoms with Crippen molar-refractivity contribution < 1.29 is 14.6 Å². The van der Waals surface area contributed by atoms with E-state index in [0.29, 0.717) is 29.9 Å². The number of anilines is 1. The Morgan fingerprint density at radius 2 is 2.15 bits per heavy atom. The number of para-hydroxylation sites is 1. The largest absolute Gasteiger partial charge is 0.387 e. The molecule has 2 bridgehead atoms. The summed E-state index contributed by atoms with van der Waals surface area (Å²) in [7, 11) is 0. The molecule has 5 aliphatic rings. The lowest BCUT2D eigenvalue weighted by Crippen LogP contribution is -2.69. The monoisotopic (exact) mass is 354 g/mol. The minimum absolute atomic E-state index is 0.0114. The molecule has 1 amide bonds. The molecule has 0 aromatic heterocycles. The summed E-state index contributed by atoms with van der Waals surface area (Å²) in [5, 5.41) is 9.72. The molecular weight excluding hydrogens is 328 g/mol. The van der Waals surface area contributed by atoms with E-state index in [1.54, 1.807) is 0 Å². The molecule has 1 N–H and O–H groups in total. The molecule has 0 radical (unpaired) electrons. The van der Waals surface area contributed by atoms with Gasteiger partial charge in [-0.25, -0.2) is 0 Å². The van der Waals surface area contributed by atoms with Gasteiger partial charge in [0, 0.05) is 35.5 Å². The topological polar surface area (TPSA) is 53.0 Å². The first-order valence-electron chi connectivity index (χ1n) is 10.0. The lowest BCUT2D eigenvalue weighted by atomic mass is 9.53. The van der Waals surface area contributed by atoms with E-state index in [1.165, 1.54) is 12.0 Å². The van der Waals surface area contributed by atoms with Crippen molar-refractivity contribution in [1.82, 2.24) is 4.90 Å². The summed E-state index contributed by atoms with van der Waals surface area (Å²) in [5.74, 6) is 1.40. The first-order valence-corrected chi connectivity index (χ1v) is 10.0. The van der Waals surface area contributed by atoms with Crippen molar-refractivity contribution in [3.05, 3.63) is 29.8 Å². The van der Waals surface area contributed by atoms with Gasteiger partial charge >= 0.3 is 0 Å². The van der Waals surface area contributed by atoms with Gasteiger partial charge in [0.2, 0.25) is 0 Å². The van der Waals surface area contributed by atoms with Gasteiger partial charge in [-0.2, -0.15) is 0 Å². The average molecular weight is 354 g/mol. The van der Waals surface area contributed by atoms with Crippen LogP contribution in [0.25, 0.3) is 0 Å². The number of nitrogens with zero attached hydrogens (tertiary/aromatic N) is 2. The molecule has 4 aliphatic heterocycles. The molecular formula is C21H26N2O3. The summed E-state index contributed by atoms with van der Waals surface area (Å²) in [6.07, 6.45) is 2.64. The maximum absolute atomic E-state index is 12.9. The minimum Gasteiger partial charge on any atom is -0.387 e. The van der Waals surface area contributed by atoms with E-state index >= 15 is 0 Å². The van der Waals surface area contributed by atoms with E-state index < -0.39 is 6.61 Å². The van der Waals surface area contributed by atoms with Crippen molar-refractivity contribution in [2.75, 3.05) is 31.2 Å². The van der Waals surface area contributed by atoms with Crippen LogP contribution in [0.4, 0.5) is 5.69 Å². The zero-order valence-electron chi connectivity index (χ0n) is 15.2. The molecule has 5 heteroatoms. The number of hydrogen-bond donors (Lipinski definition) is 1. The summed E-state index contributed by atoms with van der Waals surface area (Å²) in [6.45, 7) is 4.79. The van der Waals surface area contributed by atoms with Gasteiger partial charge < -0.3 is 14.7 Å². The number of hydrogen-bond acceptors (Lipinski definition) is 4. The molecule has 138 valence electrons. The van der Waals surface area contributed by atoms with E-state index in [4.69, 9.17) is 4.74 Å². The Balaban J connectivity index is 1.58. The quantitative estimate of drug-likeness (QED) is 0.828. The second-order valence-electron chi connectivity index (χ2n) is 8.95. The number of carbonyl (C=O) groups excluding carboxylic acids is 1. The van der Waals surface area contributed by atoms with E-state index in [9.17, 15) is 9.90 Å². The lowest BCUT2D eigenvalue weighted by Gasteiger charge is -2.60. The van der Waals surface area contributed by atoms with Crippen LogP contribution in [-0.2, 0) is 14.9 Å². The third kappa shape index (κ3) is 1.62. The summed E-state index contributed by atoms with van der Waals surface area (Å²) >= 11 is 0. The summed E-state index contributed by atoms with van der Waals surface area (Å²) < 4.78 is 6.24. The Labute approximate surface area is 153 Å². The number of ether oxygens (including phenoxy) is 1. The predicted molar refractivity (Wildman–Crippen MR) is 97.0 cm³/mol. The highest BCUT2D eigenvalue weighted by atomic mass is 16.5. The zero-order valence-corrected chi connectivity index (χ0v) is 15.2. The second-order valence-corrected chi connectivity index (χ2v) is 8.95. The standard InChI is InChI=1S/C21H26N2O3/c1-12-14-9-22-7-6-21-16-4-2-3-5-17(16)23(19(25)10-24)20(21)15(11-26-12)13(14)8-18(21)22/h2-5,12-15,18,20,24H,6-11H2,1H3/t12-,13+,14+,15-,18+,20+,21-/m1/s1. The van der Waals surface area contributed by atoms with Crippen LogP contribution in [0.2, 0.25) is 0 Å². The molecule has 4 fully saturated rings. The lowest BCUT2D eigenvalue weighted by molar-refractivity contribution is -0.154. The molecule has 3 saturated heterocycles. The van der Waals surface area contributed by atoms with Gasteiger partial charge in [0.25, 0.3) is 5.91 Å². The summed E-state index contributed by atoms with van der Waals surface area (Å²) in [4.78, 5) is 17.5. The molecule has 1 aromatic carbocycles. The number of rotatable bonds is 1. The number of aliphatic hydroxyl groups excluding tert-OH is 1. The Hall–Kier alpha value is -1.43. The highest BCUT2D eigenvalue weighted by molar-refractivity contribution is 5.98. The fraction of sp³-hybridized carbons (Fsp3) is 0.667. The Morgan fingerprint density at radius 1 is 1.31 bits per heavy atom. The number of aliphatic hydroxyl groups is 1. The third-order valence-electron chi connectivity index (χ3n) is 8.32. The number of amides is 1. The van der Waals surface area contributed by atoms with Gasteiger partial charge in [-0.3, -0.25) is 9.69 Å². The van der Waals surface area contributed by atoms with Crippen molar-refractivity contribution in [3.8, 4) is 0 Å². The molecule has 6 rings (SSSR count). The van der Waals surface area contributed by atoms with Crippen molar-refractivity contribution in [2.45, 2.75) is 43.4 Å². The van der Waals surface area contributed by atoms with Crippen molar-refractivity contribution in [3.63, 3.8) is 0 Å². The van der Waals surface area contributed by atoms with Crippen LogP contribution < -0.4 is 4.90 Å². The Kier molecular flexibility index (Phi) is 3.06. The molecule has 0 unspecified atom stereocenters. The molecule has 5 nitrogen and oxygen atoms in total. The summed E-state index contributed by atoms with van der Waals surface area (Å²) in [5.41, 5.74) is 2.37. The van der Waals surface area contributed by atoms with Gasteiger partial charge in [-0.1, -0.05) is 18.2 Å². The molecule has 1 spiro atoms. The molecule has 4 heterocycles. The molecule has 7 atom stereocenters. The van der Waals surface area contributed by atoms with Crippen LogP contribution in [0.3, 0.4) is 0 Å². The van der Waals surface area contributed by atoms with Crippen molar-refractivity contribution in [2.24, 2.45) is 17.8 Å². The van der Waals surface area contributed by atoms with Crippen LogP contribution in [0.15, 0.2) is 24.3 Å². The van der Waals surface area contributed by atoms with Gasteiger partial charge in [0.05, 0.1) is 18.8 Å². The summed E-state index contributed by atoms with van der Waals surface area (Å²) in [6, 6.07) is 9.08. The molecule has 1 saturated carbocycles. The van der Waals surface area contributed by atoms with Gasteiger partial charge in [-0.05, 0) is 43.9 Å². The number of fused-ring (bicyclic) bond motifs is 2. The van der Waals surface area contributed by atoms with E-state index in [0.717, 1.165) is 31.8 Å². The van der Waals surface area contributed by atoms with Crippen LogP contribution in [0, 0.1) is 17.8 Å². The number of piperidine rings is 1. The molecule has 1 aromatic rings. The number of benzene rings is 1. The van der Waals surface area contributed by atoms with Gasteiger partial charge in [-0.15, -0.1) is 0 Å². The van der Waals surface area contributed by atoms with Gasteiger partial charge in [0.15, 0.2) is 0 Å². The zero-order chi connectivity index (χ0) is 17.6. The maximum atomic E-state index is 12.9. The second kappa shape index (κ2) is 5.09. The van der Waals surface area contributed by atoms with Crippen molar-refractivity contribution >= 4 is 11.6 Å². The smallest absolute Gasteiger partial charge is 0.252 e. The Morgan fingerprint density at radius 3 is 3.00 bits per heavy atom. The van der Waals surface area contributed by atoms with Gasteiger partial charge in [0.1, 0.15) is 6.61 Å². The highest BCUT2D eigenvalue weighted by Crippen LogP contribution is 2.64. The fourth-order valence-electron chi connectivity index (χ4n) is 7.43. The Bertz CT molecular complexity index is 782. The molecule has 26 heavy (non-hydrogen) atoms. The minimum atomic E-state index is -0.423. The highest BCUT2D eigenvalue weighted by Gasteiger charge is 2.69. The first-order chi connectivity index (χ1) is 12.7. The van der Waals surface area contributed by atoms with Crippen LogP contribution in [-0.4, -0.2) is 60.4 Å². The van der Waals surface area contributed by atoms with E-state index in [1.807, 2.05) is 11.0 Å². The SMILES string of the molecule is C[C@H]1OC[C@@H]2[C@H]3C[C@@H]4N(CC[C@@]45c4ccccc4N(C(=O)CO)[C@@H]25)C[C@H]31. The normalized spacial score (nSPS) is 45.4. The maximum Gasteiger partial charge on any atom is 0.252 e. The first kappa shape index (κ1) is 15.6. The van der Waals surface area contributed by atoms with Crippen molar-refractivity contribution in [1.29, 1.82) is 0 Å². The number of carbonyl (C=O) groups is 1. The third-order valence-corrected chi connectivity index (χ3v) is 8.32. The van der Waals surface area contributed by atoms with E-state index in [2.05, 4.69) is 30.0 Å².